The third-order valence-corrected chi connectivity index (χ3v) is 8.09. The number of aryl methyl sites for hydroxylation is 1. The Hall–Kier alpha value is -2.15. The highest BCUT2D eigenvalue weighted by molar-refractivity contribution is 6.31. The van der Waals surface area contributed by atoms with E-state index in [2.05, 4.69) is 45.1 Å². The maximum Gasteiger partial charge on any atom is 0.269 e. The lowest BCUT2D eigenvalue weighted by Crippen LogP contribution is -2.46. The number of nitrogens with one attached hydrogen (secondary N) is 1. The van der Waals surface area contributed by atoms with Crippen LogP contribution >= 0.6 is 11.6 Å². The number of piperidine rings is 1. The van der Waals surface area contributed by atoms with E-state index in [0.29, 0.717) is 17.7 Å². The standard InChI is InChI=1S/C28H38ClN5O/c1-21-17-26(28(35)30-19-22-7-8-22)31-27(18-21)34-12-4-11-33(15-16-34)24-9-13-32(14-10-24)20-23-5-2-3-6-25(23)29/h2-3,5-6,17-18,22,24H,4,7-16,19-20H2,1H3,(H,30,35). The lowest BCUT2D eigenvalue weighted by Gasteiger charge is -2.38. The van der Waals surface area contributed by atoms with Gasteiger partial charge in [-0.2, -0.15) is 0 Å². The van der Waals surface area contributed by atoms with Crippen LogP contribution in [0.3, 0.4) is 0 Å². The first-order valence-corrected chi connectivity index (χ1v) is 13.6. The van der Waals surface area contributed by atoms with Crippen LogP contribution in [0.25, 0.3) is 0 Å². The van der Waals surface area contributed by atoms with Crippen molar-refractivity contribution in [3.05, 3.63) is 58.2 Å². The van der Waals surface area contributed by atoms with Gasteiger partial charge in [0.2, 0.25) is 0 Å². The molecule has 1 saturated carbocycles. The average molecular weight is 496 g/mol. The Morgan fingerprint density at radius 3 is 2.60 bits per heavy atom. The monoisotopic (exact) mass is 495 g/mol. The van der Waals surface area contributed by atoms with Crippen LogP contribution < -0.4 is 10.2 Å². The van der Waals surface area contributed by atoms with Crippen LogP contribution in [0.2, 0.25) is 5.02 Å². The van der Waals surface area contributed by atoms with Crippen LogP contribution in [-0.2, 0) is 6.54 Å². The molecular weight excluding hydrogens is 458 g/mol. The summed E-state index contributed by atoms with van der Waals surface area (Å²) in [5.74, 6) is 1.57. The van der Waals surface area contributed by atoms with Gasteiger partial charge in [0.15, 0.2) is 0 Å². The second-order valence-corrected chi connectivity index (χ2v) is 10.9. The Morgan fingerprint density at radius 1 is 1.03 bits per heavy atom. The molecule has 3 heterocycles. The highest BCUT2D eigenvalue weighted by atomic mass is 35.5. The number of halogens is 1. The molecule has 0 unspecified atom stereocenters. The van der Waals surface area contributed by atoms with Crippen LogP contribution in [0, 0.1) is 12.8 Å². The summed E-state index contributed by atoms with van der Waals surface area (Å²) in [6.07, 6.45) is 6.00. The molecule has 2 aromatic rings. The summed E-state index contributed by atoms with van der Waals surface area (Å²) < 4.78 is 0. The molecule has 5 rings (SSSR count). The molecule has 1 aromatic carbocycles. The first-order chi connectivity index (χ1) is 17.0. The lowest BCUT2D eigenvalue weighted by molar-refractivity contribution is 0.0947. The number of anilines is 1. The van der Waals surface area contributed by atoms with Crippen molar-refractivity contribution >= 4 is 23.3 Å². The molecule has 2 saturated heterocycles. The molecule has 0 spiro atoms. The molecule has 1 amide bonds. The average Bonchev–Trinajstić information content (AvgIpc) is 3.71. The minimum atomic E-state index is -0.0400. The number of carbonyl (C=O) groups excluding carboxylic acids is 1. The summed E-state index contributed by atoms with van der Waals surface area (Å²) in [5, 5.41) is 3.93. The number of aromatic nitrogens is 1. The van der Waals surface area contributed by atoms with Gasteiger partial charge in [-0.3, -0.25) is 14.6 Å². The van der Waals surface area contributed by atoms with Crippen molar-refractivity contribution in [2.24, 2.45) is 5.92 Å². The van der Waals surface area contributed by atoms with Gasteiger partial charge < -0.3 is 10.2 Å². The number of amides is 1. The second kappa shape index (κ2) is 11.3. The molecule has 0 atom stereocenters. The minimum absolute atomic E-state index is 0.0400. The smallest absolute Gasteiger partial charge is 0.269 e. The predicted molar refractivity (Wildman–Crippen MR) is 142 cm³/mol. The van der Waals surface area contributed by atoms with Crippen LogP contribution in [-0.4, -0.2) is 72.5 Å². The highest BCUT2D eigenvalue weighted by Gasteiger charge is 2.27. The predicted octanol–water partition coefficient (Wildman–Crippen LogP) is 4.36. The summed E-state index contributed by atoms with van der Waals surface area (Å²) in [4.78, 5) is 25.0. The number of hydrogen-bond donors (Lipinski definition) is 1. The summed E-state index contributed by atoms with van der Waals surface area (Å²) in [7, 11) is 0. The molecule has 7 heteroatoms. The van der Waals surface area contributed by atoms with Crippen LogP contribution in [0.15, 0.2) is 36.4 Å². The van der Waals surface area contributed by atoms with Crippen molar-refractivity contribution in [2.45, 2.75) is 51.6 Å². The molecule has 1 aromatic heterocycles. The largest absolute Gasteiger partial charge is 0.355 e. The van der Waals surface area contributed by atoms with E-state index in [4.69, 9.17) is 16.6 Å². The summed E-state index contributed by atoms with van der Waals surface area (Å²) in [6, 6.07) is 12.9. The van der Waals surface area contributed by atoms with Gasteiger partial charge in [-0.25, -0.2) is 4.98 Å². The van der Waals surface area contributed by atoms with E-state index in [-0.39, 0.29) is 5.91 Å². The third-order valence-electron chi connectivity index (χ3n) is 7.72. The Morgan fingerprint density at radius 2 is 1.83 bits per heavy atom. The first-order valence-electron chi connectivity index (χ1n) is 13.3. The van der Waals surface area contributed by atoms with E-state index in [9.17, 15) is 4.79 Å². The zero-order valence-corrected chi connectivity index (χ0v) is 21.6. The van der Waals surface area contributed by atoms with Gasteiger partial charge in [0.1, 0.15) is 11.5 Å². The number of likely N-dealkylation sites (tertiary alicyclic amines) is 1. The number of nitrogens with zero attached hydrogens (tertiary/aromatic N) is 4. The second-order valence-electron chi connectivity index (χ2n) is 10.5. The van der Waals surface area contributed by atoms with E-state index in [1.165, 1.54) is 31.2 Å². The van der Waals surface area contributed by atoms with E-state index in [1.807, 2.05) is 18.2 Å². The van der Waals surface area contributed by atoms with E-state index < -0.39 is 0 Å². The van der Waals surface area contributed by atoms with Crippen molar-refractivity contribution in [1.29, 1.82) is 0 Å². The number of hydrogen-bond acceptors (Lipinski definition) is 5. The van der Waals surface area contributed by atoms with Crippen molar-refractivity contribution in [3.8, 4) is 0 Å². The molecule has 1 aliphatic carbocycles. The van der Waals surface area contributed by atoms with E-state index in [0.717, 1.165) is 75.2 Å². The Labute approximate surface area is 214 Å². The summed E-state index contributed by atoms with van der Waals surface area (Å²) in [5.41, 5.74) is 2.87. The van der Waals surface area contributed by atoms with Crippen molar-refractivity contribution in [1.82, 2.24) is 20.1 Å². The fraction of sp³-hybridized carbons (Fsp3) is 0.571. The van der Waals surface area contributed by atoms with Crippen LogP contribution in [0.1, 0.15) is 53.7 Å². The first kappa shape index (κ1) is 24.5. The normalized spacial score (nSPS) is 20.6. The minimum Gasteiger partial charge on any atom is -0.355 e. The quantitative estimate of drug-likeness (QED) is 0.618. The molecule has 188 valence electrons. The summed E-state index contributed by atoms with van der Waals surface area (Å²) in [6.45, 7) is 10.1. The van der Waals surface area contributed by atoms with E-state index in [1.54, 1.807) is 0 Å². The van der Waals surface area contributed by atoms with Gasteiger partial charge in [0.25, 0.3) is 5.91 Å². The molecule has 3 fully saturated rings. The fourth-order valence-electron chi connectivity index (χ4n) is 5.42. The topological polar surface area (TPSA) is 51.7 Å². The van der Waals surface area contributed by atoms with Crippen LogP contribution in [0.5, 0.6) is 0 Å². The lowest BCUT2D eigenvalue weighted by atomic mass is 10.0. The van der Waals surface area contributed by atoms with Gasteiger partial charge in [0.05, 0.1) is 0 Å². The van der Waals surface area contributed by atoms with Gasteiger partial charge in [0, 0.05) is 50.3 Å². The SMILES string of the molecule is Cc1cc(C(=O)NCC2CC2)nc(N2CCCN(C3CCN(Cc4ccccc4Cl)CC3)CC2)c1. The number of benzene rings is 1. The van der Waals surface area contributed by atoms with E-state index >= 15 is 0 Å². The zero-order chi connectivity index (χ0) is 24.2. The molecule has 0 bridgehead atoms. The van der Waals surface area contributed by atoms with Gasteiger partial charge in [-0.05, 0) is 87.4 Å². The molecule has 3 aliphatic rings. The maximum atomic E-state index is 12.6. The molecular formula is C28H38ClN5O. The molecule has 1 N–H and O–H groups in total. The van der Waals surface area contributed by atoms with Gasteiger partial charge in [-0.1, -0.05) is 29.8 Å². The molecule has 2 aliphatic heterocycles. The molecule has 0 radical (unpaired) electrons. The van der Waals surface area contributed by atoms with Crippen LogP contribution in [0.4, 0.5) is 5.82 Å². The van der Waals surface area contributed by atoms with Gasteiger partial charge >= 0.3 is 0 Å². The van der Waals surface area contributed by atoms with Crippen molar-refractivity contribution in [3.63, 3.8) is 0 Å². The number of pyridine rings is 1. The van der Waals surface area contributed by atoms with Crippen molar-refractivity contribution < 1.29 is 4.79 Å². The summed E-state index contributed by atoms with van der Waals surface area (Å²) >= 11 is 6.38. The fourth-order valence-corrected chi connectivity index (χ4v) is 5.61. The highest BCUT2D eigenvalue weighted by Crippen LogP contribution is 2.28. The zero-order valence-electron chi connectivity index (χ0n) is 20.9. The molecule has 35 heavy (non-hydrogen) atoms. The Kier molecular flexibility index (Phi) is 7.91. The maximum absolute atomic E-state index is 12.6. The molecule has 6 nitrogen and oxygen atoms in total. The van der Waals surface area contributed by atoms with Gasteiger partial charge in [-0.15, -0.1) is 0 Å². The number of carbonyl (C=O) groups is 1. The third kappa shape index (κ3) is 6.54. The Bertz CT molecular complexity index is 1020. The Balaban J connectivity index is 1.14. The number of rotatable bonds is 7. The van der Waals surface area contributed by atoms with Crippen molar-refractivity contribution in [2.75, 3.05) is 50.7 Å².